The molecular formula is C14H16FN3OS. The van der Waals surface area contributed by atoms with Crippen molar-refractivity contribution in [3.8, 4) is 0 Å². The van der Waals surface area contributed by atoms with Crippen molar-refractivity contribution >= 4 is 17.2 Å². The maximum Gasteiger partial charge on any atom is 0.234 e. The van der Waals surface area contributed by atoms with Gasteiger partial charge in [0.1, 0.15) is 10.8 Å². The molecular weight excluding hydrogens is 277 g/mol. The average Bonchev–Trinajstić information content (AvgIpc) is 2.95. The van der Waals surface area contributed by atoms with Gasteiger partial charge in [-0.2, -0.15) is 0 Å². The molecule has 20 heavy (non-hydrogen) atoms. The highest BCUT2D eigenvalue weighted by Gasteiger charge is 2.17. The van der Waals surface area contributed by atoms with Crippen LogP contribution in [0, 0.1) is 5.82 Å². The van der Waals surface area contributed by atoms with Gasteiger partial charge in [0.15, 0.2) is 0 Å². The fourth-order valence-electron chi connectivity index (χ4n) is 1.87. The molecule has 0 spiro atoms. The SMILES string of the molecule is CNCC(=O)N[C@@H](Cc1ccc(F)cc1)c1nccs1. The van der Waals surface area contributed by atoms with Crippen LogP contribution in [0.1, 0.15) is 16.6 Å². The smallest absolute Gasteiger partial charge is 0.234 e. The van der Waals surface area contributed by atoms with Crippen molar-refractivity contribution in [3.63, 3.8) is 0 Å². The molecule has 0 unspecified atom stereocenters. The molecule has 0 fully saturated rings. The Bertz CT molecular complexity index is 542. The largest absolute Gasteiger partial charge is 0.345 e. The molecule has 4 nitrogen and oxygen atoms in total. The zero-order chi connectivity index (χ0) is 14.4. The lowest BCUT2D eigenvalue weighted by Gasteiger charge is -2.16. The first-order valence-electron chi connectivity index (χ1n) is 6.27. The number of nitrogens with zero attached hydrogens (tertiary/aromatic N) is 1. The lowest BCUT2D eigenvalue weighted by atomic mass is 10.1. The summed E-state index contributed by atoms with van der Waals surface area (Å²) < 4.78 is 12.9. The molecule has 1 aromatic carbocycles. The van der Waals surface area contributed by atoms with Gasteiger partial charge in [0.2, 0.25) is 5.91 Å². The van der Waals surface area contributed by atoms with Crippen LogP contribution in [0.25, 0.3) is 0 Å². The number of carbonyl (C=O) groups is 1. The average molecular weight is 293 g/mol. The van der Waals surface area contributed by atoms with Crippen LogP contribution in [-0.4, -0.2) is 24.5 Å². The minimum atomic E-state index is -0.265. The molecule has 2 aromatic rings. The zero-order valence-corrected chi connectivity index (χ0v) is 11.9. The predicted octanol–water partition coefficient (Wildman–Crippen LogP) is 1.90. The van der Waals surface area contributed by atoms with Gasteiger partial charge in [-0.25, -0.2) is 9.37 Å². The molecule has 0 bridgehead atoms. The lowest BCUT2D eigenvalue weighted by molar-refractivity contribution is -0.120. The third-order valence-electron chi connectivity index (χ3n) is 2.78. The number of benzene rings is 1. The Labute approximate surface area is 121 Å². The first kappa shape index (κ1) is 14.6. The molecule has 0 aliphatic carbocycles. The Morgan fingerprint density at radius 2 is 2.15 bits per heavy atom. The molecule has 0 aliphatic rings. The highest BCUT2D eigenvalue weighted by atomic mass is 32.1. The van der Waals surface area contributed by atoms with Gasteiger partial charge in [0.25, 0.3) is 0 Å². The van der Waals surface area contributed by atoms with Gasteiger partial charge in [-0.3, -0.25) is 4.79 Å². The standard InChI is InChI=1S/C14H16FN3OS/c1-16-9-13(19)18-12(14-17-6-7-20-14)8-10-2-4-11(15)5-3-10/h2-7,12,16H,8-9H2,1H3,(H,18,19)/t12-/m0/s1. The van der Waals surface area contributed by atoms with Crippen molar-refractivity contribution < 1.29 is 9.18 Å². The van der Waals surface area contributed by atoms with Gasteiger partial charge in [0.05, 0.1) is 12.6 Å². The van der Waals surface area contributed by atoms with E-state index in [1.807, 2.05) is 5.38 Å². The number of hydrogen-bond acceptors (Lipinski definition) is 4. The molecule has 0 saturated heterocycles. The third-order valence-corrected chi connectivity index (χ3v) is 3.66. The van der Waals surface area contributed by atoms with Crippen LogP contribution >= 0.6 is 11.3 Å². The van der Waals surface area contributed by atoms with E-state index in [2.05, 4.69) is 15.6 Å². The Morgan fingerprint density at radius 3 is 2.75 bits per heavy atom. The number of carbonyl (C=O) groups excluding carboxylic acids is 1. The van der Waals surface area contributed by atoms with E-state index in [0.29, 0.717) is 6.42 Å². The number of rotatable bonds is 6. The number of thiazole rings is 1. The third kappa shape index (κ3) is 4.11. The fraction of sp³-hybridized carbons (Fsp3) is 0.286. The monoisotopic (exact) mass is 293 g/mol. The fourth-order valence-corrected chi connectivity index (χ4v) is 2.56. The Kier molecular flexibility index (Phi) is 5.20. The quantitative estimate of drug-likeness (QED) is 0.855. The summed E-state index contributed by atoms with van der Waals surface area (Å²) in [4.78, 5) is 16.0. The minimum Gasteiger partial charge on any atom is -0.345 e. The summed E-state index contributed by atoms with van der Waals surface area (Å²) in [6.07, 6.45) is 2.30. The van der Waals surface area contributed by atoms with Crippen molar-refractivity contribution in [2.45, 2.75) is 12.5 Å². The Hall–Kier alpha value is -1.79. The van der Waals surface area contributed by atoms with Crippen LogP contribution in [-0.2, 0) is 11.2 Å². The number of likely N-dealkylation sites (N-methyl/N-ethyl adjacent to an activating group) is 1. The second-order valence-electron chi connectivity index (χ2n) is 4.35. The number of nitrogens with one attached hydrogen (secondary N) is 2. The van der Waals surface area contributed by atoms with Crippen molar-refractivity contribution in [1.82, 2.24) is 15.6 Å². The Morgan fingerprint density at radius 1 is 1.40 bits per heavy atom. The second kappa shape index (κ2) is 7.12. The number of aromatic nitrogens is 1. The van der Waals surface area contributed by atoms with E-state index in [0.717, 1.165) is 10.6 Å². The molecule has 2 N–H and O–H groups in total. The second-order valence-corrected chi connectivity index (χ2v) is 5.28. The van der Waals surface area contributed by atoms with E-state index >= 15 is 0 Å². The molecule has 1 atom stereocenters. The van der Waals surface area contributed by atoms with Crippen LogP contribution in [0.2, 0.25) is 0 Å². The predicted molar refractivity (Wildman–Crippen MR) is 77.0 cm³/mol. The van der Waals surface area contributed by atoms with Gasteiger partial charge >= 0.3 is 0 Å². The molecule has 0 radical (unpaired) electrons. The van der Waals surface area contributed by atoms with Gasteiger partial charge in [-0.1, -0.05) is 12.1 Å². The number of halogens is 1. The topological polar surface area (TPSA) is 54.0 Å². The number of hydrogen-bond donors (Lipinski definition) is 2. The minimum absolute atomic E-state index is 0.0881. The van der Waals surface area contributed by atoms with Crippen molar-refractivity contribution in [2.24, 2.45) is 0 Å². The first-order chi connectivity index (χ1) is 9.69. The summed E-state index contributed by atoms with van der Waals surface area (Å²) in [5.74, 6) is -0.353. The summed E-state index contributed by atoms with van der Waals surface area (Å²) in [6.45, 7) is 0.255. The maximum atomic E-state index is 12.9. The van der Waals surface area contributed by atoms with Crippen LogP contribution in [0.15, 0.2) is 35.8 Å². The summed E-state index contributed by atoms with van der Waals surface area (Å²) in [7, 11) is 1.72. The molecule has 1 amide bonds. The Balaban J connectivity index is 2.10. The normalized spacial score (nSPS) is 12.1. The van der Waals surface area contributed by atoms with E-state index in [1.165, 1.54) is 23.5 Å². The van der Waals surface area contributed by atoms with E-state index < -0.39 is 0 Å². The van der Waals surface area contributed by atoms with E-state index in [9.17, 15) is 9.18 Å². The molecule has 6 heteroatoms. The summed E-state index contributed by atoms with van der Waals surface area (Å²) in [5, 5.41) is 8.47. The van der Waals surface area contributed by atoms with E-state index in [1.54, 1.807) is 25.4 Å². The molecule has 0 saturated carbocycles. The van der Waals surface area contributed by atoms with Crippen LogP contribution in [0.5, 0.6) is 0 Å². The summed E-state index contributed by atoms with van der Waals surface area (Å²) in [5.41, 5.74) is 0.955. The van der Waals surface area contributed by atoms with Crippen LogP contribution in [0.4, 0.5) is 4.39 Å². The van der Waals surface area contributed by atoms with Crippen LogP contribution in [0.3, 0.4) is 0 Å². The lowest BCUT2D eigenvalue weighted by Crippen LogP contribution is -2.35. The number of amides is 1. The molecule has 2 rings (SSSR count). The van der Waals surface area contributed by atoms with Gasteiger partial charge in [-0.05, 0) is 31.2 Å². The van der Waals surface area contributed by atoms with Crippen molar-refractivity contribution in [3.05, 3.63) is 52.2 Å². The maximum absolute atomic E-state index is 12.9. The molecule has 1 heterocycles. The zero-order valence-electron chi connectivity index (χ0n) is 11.1. The van der Waals surface area contributed by atoms with E-state index in [4.69, 9.17) is 0 Å². The molecule has 0 aliphatic heterocycles. The van der Waals surface area contributed by atoms with Gasteiger partial charge in [-0.15, -0.1) is 11.3 Å². The van der Waals surface area contributed by atoms with Crippen LogP contribution < -0.4 is 10.6 Å². The van der Waals surface area contributed by atoms with Crippen molar-refractivity contribution in [1.29, 1.82) is 0 Å². The van der Waals surface area contributed by atoms with Gasteiger partial charge in [0, 0.05) is 11.6 Å². The van der Waals surface area contributed by atoms with Crippen molar-refractivity contribution in [2.75, 3.05) is 13.6 Å². The molecule has 1 aromatic heterocycles. The highest BCUT2D eigenvalue weighted by Crippen LogP contribution is 2.20. The highest BCUT2D eigenvalue weighted by molar-refractivity contribution is 7.09. The molecule has 106 valence electrons. The summed E-state index contributed by atoms with van der Waals surface area (Å²) >= 11 is 1.49. The van der Waals surface area contributed by atoms with E-state index in [-0.39, 0.29) is 24.3 Å². The summed E-state index contributed by atoms with van der Waals surface area (Å²) in [6, 6.07) is 6.09. The van der Waals surface area contributed by atoms with Gasteiger partial charge < -0.3 is 10.6 Å². The first-order valence-corrected chi connectivity index (χ1v) is 7.15.